The van der Waals surface area contributed by atoms with E-state index in [2.05, 4.69) is 31.7 Å². The third-order valence-corrected chi connectivity index (χ3v) is 5.38. The zero-order chi connectivity index (χ0) is 21.5. The molecule has 1 amide bonds. The largest absolute Gasteiger partial charge is 0.497 e. The van der Waals surface area contributed by atoms with Crippen LogP contribution in [0.4, 0.5) is 11.6 Å². The molecule has 1 aliphatic carbocycles. The van der Waals surface area contributed by atoms with Gasteiger partial charge in [0.1, 0.15) is 22.9 Å². The zero-order valence-corrected chi connectivity index (χ0v) is 16.8. The van der Waals surface area contributed by atoms with Crippen molar-refractivity contribution >= 4 is 39.4 Å². The summed E-state index contributed by atoms with van der Waals surface area (Å²) in [6.07, 6.45) is 3.91. The lowest BCUT2D eigenvalue weighted by molar-refractivity contribution is -0.117. The van der Waals surface area contributed by atoms with E-state index in [9.17, 15) is 4.79 Å². The molecule has 0 spiro atoms. The summed E-state index contributed by atoms with van der Waals surface area (Å²) in [4.78, 5) is 25.8. The lowest BCUT2D eigenvalue weighted by atomic mass is 10.1. The molecule has 0 aliphatic heterocycles. The Morgan fingerprint density at radius 1 is 1.26 bits per heavy atom. The SMILES string of the molecule is CNc1ncc(-c2nc3cc(OC)ccc3o2)c2cc(NC(=O)[C@@H]3C[C@H]3C#N)ncc12. The molecule has 0 unspecified atom stereocenters. The van der Waals surface area contributed by atoms with Crippen LogP contribution in [0.25, 0.3) is 33.3 Å². The maximum atomic E-state index is 12.4. The summed E-state index contributed by atoms with van der Waals surface area (Å²) in [6.45, 7) is 0. The highest BCUT2D eigenvalue weighted by atomic mass is 16.5. The first-order valence-electron chi connectivity index (χ1n) is 9.73. The van der Waals surface area contributed by atoms with Gasteiger partial charge in [-0.2, -0.15) is 5.26 Å². The Kier molecular flexibility index (Phi) is 4.40. The number of ether oxygens (including phenoxy) is 1. The van der Waals surface area contributed by atoms with Crippen molar-refractivity contribution < 1.29 is 13.9 Å². The van der Waals surface area contributed by atoms with E-state index in [0.717, 1.165) is 10.8 Å². The molecule has 1 fully saturated rings. The fraction of sp³-hybridized carbons (Fsp3) is 0.227. The minimum atomic E-state index is -0.278. The van der Waals surface area contributed by atoms with Gasteiger partial charge in [-0.3, -0.25) is 4.79 Å². The van der Waals surface area contributed by atoms with E-state index < -0.39 is 0 Å². The van der Waals surface area contributed by atoms with Crippen molar-refractivity contribution in [2.45, 2.75) is 6.42 Å². The Morgan fingerprint density at radius 2 is 2.13 bits per heavy atom. The number of anilines is 2. The second-order valence-corrected chi connectivity index (χ2v) is 7.31. The van der Waals surface area contributed by atoms with E-state index in [4.69, 9.17) is 14.4 Å². The molecule has 3 aromatic heterocycles. The molecule has 3 heterocycles. The number of nitriles is 1. The second kappa shape index (κ2) is 7.25. The average molecular weight is 414 g/mol. The molecule has 9 heteroatoms. The van der Waals surface area contributed by atoms with Gasteiger partial charge in [0.25, 0.3) is 0 Å². The standard InChI is InChI=1S/C22H18N6O3/c1-24-20-15-9-25-19(28-21(29)13-5-11(13)8-23)7-14(15)16(10-26-20)22-27-17-6-12(30-2)3-4-18(17)31-22/h3-4,6-7,9-11,13H,5H2,1-2H3,(H,24,26)(H,25,28,29)/t11-,13+/m0/s1. The Bertz CT molecular complexity index is 1370. The van der Waals surface area contributed by atoms with Gasteiger partial charge >= 0.3 is 0 Å². The van der Waals surface area contributed by atoms with Crippen LogP contribution in [0.1, 0.15) is 6.42 Å². The van der Waals surface area contributed by atoms with Gasteiger partial charge in [-0.1, -0.05) is 0 Å². The summed E-state index contributed by atoms with van der Waals surface area (Å²) in [5.74, 6) is 1.44. The van der Waals surface area contributed by atoms with Crippen LogP contribution in [0.3, 0.4) is 0 Å². The molecule has 154 valence electrons. The highest BCUT2D eigenvalue weighted by Gasteiger charge is 2.43. The normalized spacial score (nSPS) is 17.3. The average Bonchev–Trinajstić information content (AvgIpc) is 3.48. The quantitative estimate of drug-likeness (QED) is 0.507. The number of carbonyl (C=O) groups excluding carboxylic acids is 1. The molecule has 9 nitrogen and oxygen atoms in total. The first-order chi connectivity index (χ1) is 15.1. The molecule has 2 atom stereocenters. The molecular formula is C22H18N6O3. The Balaban J connectivity index is 1.59. The predicted octanol–water partition coefficient (Wildman–Crippen LogP) is 3.59. The van der Waals surface area contributed by atoms with Gasteiger partial charge in [-0.15, -0.1) is 0 Å². The van der Waals surface area contributed by atoms with Gasteiger partial charge in [-0.25, -0.2) is 15.0 Å². The summed E-state index contributed by atoms with van der Waals surface area (Å²) in [5.41, 5.74) is 1.96. The van der Waals surface area contributed by atoms with Crippen LogP contribution in [0, 0.1) is 23.2 Å². The Hall–Kier alpha value is -4.19. The van der Waals surface area contributed by atoms with Crippen molar-refractivity contribution in [3.8, 4) is 23.3 Å². The molecule has 0 saturated heterocycles. The maximum absolute atomic E-state index is 12.4. The minimum absolute atomic E-state index is 0.197. The molecule has 31 heavy (non-hydrogen) atoms. The number of amides is 1. The highest BCUT2D eigenvalue weighted by molar-refractivity contribution is 6.03. The van der Waals surface area contributed by atoms with Gasteiger partial charge < -0.3 is 19.8 Å². The van der Waals surface area contributed by atoms with Crippen LogP contribution in [0.5, 0.6) is 5.75 Å². The summed E-state index contributed by atoms with van der Waals surface area (Å²) >= 11 is 0. The number of aromatic nitrogens is 3. The van der Waals surface area contributed by atoms with Crippen LogP contribution in [-0.2, 0) is 4.79 Å². The lowest BCUT2D eigenvalue weighted by Gasteiger charge is -2.10. The number of nitrogens with zero attached hydrogens (tertiary/aromatic N) is 4. The smallest absolute Gasteiger partial charge is 0.230 e. The fourth-order valence-corrected chi connectivity index (χ4v) is 3.57. The van der Waals surface area contributed by atoms with Crippen LogP contribution < -0.4 is 15.4 Å². The van der Waals surface area contributed by atoms with Crippen molar-refractivity contribution in [2.75, 3.05) is 24.8 Å². The van der Waals surface area contributed by atoms with Crippen LogP contribution in [0.15, 0.2) is 41.1 Å². The first kappa shape index (κ1) is 18.8. The third-order valence-electron chi connectivity index (χ3n) is 5.38. The molecule has 1 saturated carbocycles. The summed E-state index contributed by atoms with van der Waals surface area (Å²) in [5, 5.41) is 16.4. The summed E-state index contributed by atoms with van der Waals surface area (Å²) in [6, 6.07) is 9.30. The number of nitrogens with one attached hydrogen (secondary N) is 2. The van der Waals surface area contributed by atoms with Gasteiger partial charge in [0, 0.05) is 36.3 Å². The molecule has 5 rings (SSSR count). The van der Waals surface area contributed by atoms with Crippen molar-refractivity contribution in [2.24, 2.45) is 11.8 Å². The van der Waals surface area contributed by atoms with Crippen molar-refractivity contribution in [3.63, 3.8) is 0 Å². The van der Waals surface area contributed by atoms with Gasteiger partial charge in [-0.05, 0) is 24.6 Å². The second-order valence-electron chi connectivity index (χ2n) is 7.31. The molecular weight excluding hydrogens is 396 g/mol. The van der Waals surface area contributed by atoms with Crippen LogP contribution in [-0.4, -0.2) is 35.0 Å². The van der Waals surface area contributed by atoms with E-state index in [0.29, 0.717) is 46.4 Å². The lowest BCUT2D eigenvalue weighted by Crippen LogP contribution is -2.15. The predicted molar refractivity (Wildman–Crippen MR) is 114 cm³/mol. The van der Waals surface area contributed by atoms with E-state index in [1.165, 1.54) is 0 Å². The first-order valence-corrected chi connectivity index (χ1v) is 9.73. The molecule has 1 aromatic carbocycles. The molecule has 1 aliphatic rings. The monoisotopic (exact) mass is 414 g/mol. The van der Waals surface area contributed by atoms with Crippen molar-refractivity contribution in [1.82, 2.24) is 15.0 Å². The molecule has 2 N–H and O–H groups in total. The fourth-order valence-electron chi connectivity index (χ4n) is 3.57. The van der Waals surface area contributed by atoms with Crippen molar-refractivity contribution in [3.05, 3.63) is 36.7 Å². The number of rotatable bonds is 5. The number of carbonyl (C=O) groups is 1. The highest BCUT2D eigenvalue weighted by Crippen LogP contribution is 2.39. The summed E-state index contributed by atoms with van der Waals surface area (Å²) in [7, 11) is 3.37. The number of hydrogen-bond acceptors (Lipinski definition) is 8. The number of fused-ring (bicyclic) bond motifs is 2. The van der Waals surface area contributed by atoms with E-state index >= 15 is 0 Å². The number of oxazole rings is 1. The summed E-state index contributed by atoms with van der Waals surface area (Å²) < 4.78 is 11.2. The number of pyridine rings is 2. The number of methoxy groups -OCH3 is 1. The van der Waals surface area contributed by atoms with E-state index in [1.807, 2.05) is 6.07 Å². The minimum Gasteiger partial charge on any atom is -0.497 e. The number of benzene rings is 1. The van der Waals surface area contributed by atoms with Gasteiger partial charge in [0.2, 0.25) is 11.8 Å². The van der Waals surface area contributed by atoms with E-state index in [1.54, 1.807) is 44.8 Å². The van der Waals surface area contributed by atoms with Crippen molar-refractivity contribution in [1.29, 1.82) is 5.26 Å². The van der Waals surface area contributed by atoms with E-state index in [-0.39, 0.29) is 17.7 Å². The molecule has 0 bridgehead atoms. The van der Waals surface area contributed by atoms with Crippen LogP contribution >= 0.6 is 0 Å². The molecule has 0 radical (unpaired) electrons. The topological polar surface area (TPSA) is 126 Å². The number of hydrogen-bond donors (Lipinski definition) is 2. The van der Waals surface area contributed by atoms with Crippen LogP contribution in [0.2, 0.25) is 0 Å². The maximum Gasteiger partial charge on any atom is 0.230 e. The Morgan fingerprint density at radius 3 is 2.87 bits per heavy atom. The van der Waals surface area contributed by atoms with Gasteiger partial charge in [0.15, 0.2) is 5.58 Å². The van der Waals surface area contributed by atoms with Gasteiger partial charge in [0.05, 0.1) is 30.6 Å². The Labute approximate surface area is 177 Å². The third kappa shape index (κ3) is 3.28. The molecule has 4 aromatic rings. The zero-order valence-electron chi connectivity index (χ0n) is 16.8.